The second-order valence-corrected chi connectivity index (χ2v) is 9.03. The molecule has 2 nitrogen and oxygen atoms in total. The highest BCUT2D eigenvalue weighted by Crippen LogP contribution is 2.48. The molecular formula is C27H38N2. The van der Waals surface area contributed by atoms with Crippen LogP contribution in [0.3, 0.4) is 0 Å². The number of nitrogens with zero attached hydrogens (tertiary/aromatic N) is 1. The maximum atomic E-state index is 9.95. The first-order chi connectivity index (χ1) is 13.7. The van der Waals surface area contributed by atoms with Gasteiger partial charge in [-0.15, -0.1) is 0 Å². The molecule has 2 heteroatoms. The van der Waals surface area contributed by atoms with Gasteiger partial charge in [0.1, 0.15) is 0 Å². The smallest absolute Gasteiger partial charge is 0.0701 e. The quantitative estimate of drug-likeness (QED) is 0.517. The van der Waals surface area contributed by atoms with Gasteiger partial charge in [-0.25, -0.2) is 0 Å². The highest BCUT2D eigenvalue weighted by molar-refractivity contribution is 5.53. The molecule has 3 unspecified atom stereocenters. The molecule has 0 saturated heterocycles. The second kappa shape index (κ2) is 8.72. The molecule has 0 aromatic rings. The van der Waals surface area contributed by atoms with Gasteiger partial charge in [-0.05, 0) is 44.4 Å². The molecule has 2 aliphatic carbocycles. The zero-order valence-electron chi connectivity index (χ0n) is 19.3. The average Bonchev–Trinajstić information content (AvgIpc) is 3.06. The first kappa shape index (κ1) is 23.2. The molecule has 2 rings (SSSR count). The Morgan fingerprint density at radius 1 is 0.862 bits per heavy atom. The van der Waals surface area contributed by atoms with Gasteiger partial charge in [0.05, 0.1) is 11.5 Å². The van der Waals surface area contributed by atoms with E-state index in [1.54, 1.807) is 0 Å². The number of hydrogen-bond donors (Lipinski definition) is 1. The largest absolute Gasteiger partial charge is 0.313 e. The minimum absolute atomic E-state index is 0.00983. The van der Waals surface area contributed by atoms with Gasteiger partial charge in [-0.3, -0.25) is 0 Å². The Morgan fingerprint density at radius 2 is 1.34 bits per heavy atom. The Kier molecular flexibility index (Phi) is 6.97. The molecule has 0 aliphatic heterocycles. The average molecular weight is 391 g/mol. The number of nitrogens with one attached hydrogen (secondary N) is 1. The Bertz CT molecular complexity index is 819. The van der Waals surface area contributed by atoms with Crippen molar-refractivity contribution >= 4 is 0 Å². The van der Waals surface area contributed by atoms with Gasteiger partial charge < -0.3 is 5.32 Å². The van der Waals surface area contributed by atoms with Crippen molar-refractivity contribution in [2.75, 3.05) is 7.05 Å². The standard InChI is InChI=1S/C27H38N2/c1-8-26(6,29-7)24(4)17-11-13-22(15-19-24)23-14-12-18-25(5,20-16-23)27(9-2,10-3)21-28/h11-20,29H,8-10H2,1-7H3. The van der Waals surface area contributed by atoms with Crippen molar-refractivity contribution in [3.63, 3.8) is 0 Å². The van der Waals surface area contributed by atoms with Crippen LogP contribution in [0.15, 0.2) is 71.9 Å². The van der Waals surface area contributed by atoms with E-state index in [1.165, 1.54) is 11.1 Å². The highest BCUT2D eigenvalue weighted by atomic mass is 14.9. The molecule has 0 fully saturated rings. The third kappa shape index (κ3) is 3.99. The van der Waals surface area contributed by atoms with E-state index in [1.807, 2.05) is 7.05 Å². The maximum absolute atomic E-state index is 9.95. The Morgan fingerprint density at radius 3 is 1.76 bits per heavy atom. The fourth-order valence-corrected chi connectivity index (χ4v) is 4.64. The van der Waals surface area contributed by atoms with Gasteiger partial charge in [0.15, 0.2) is 0 Å². The number of allylic oxidation sites excluding steroid dienone is 10. The molecule has 3 atom stereocenters. The summed E-state index contributed by atoms with van der Waals surface area (Å²) in [6.07, 6.45) is 24.9. The lowest BCUT2D eigenvalue weighted by atomic mass is 9.62. The van der Waals surface area contributed by atoms with Crippen LogP contribution in [-0.4, -0.2) is 12.6 Å². The highest BCUT2D eigenvalue weighted by Gasteiger charge is 2.43. The van der Waals surface area contributed by atoms with Crippen molar-refractivity contribution < 1.29 is 0 Å². The zero-order chi connectivity index (χ0) is 21.8. The fraction of sp³-hybridized carbons (Fsp3) is 0.519. The molecule has 0 aromatic carbocycles. The van der Waals surface area contributed by atoms with Crippen molar-refractivity contribution in [1.82, 2.24) is 5.32 Å². The maximum Gasteiger partial charge on any atom is 0.0701 e. The summed E-state index contributed by atoms with van der Waals surface area (Å²) in [5.41, 5.74) is 1.62. The van der Waals surface area contributed by atoms with E-state index in [9.17, 15) is 5.26 Å². The van der Waals surface area contributed by atoms with Gasteiger partial charge in [-0.1, -0.05) is 95.4 Å². The third-order valence-corrected chi connectivity index (χ3v) is 7.89. The Labute approximate surface area is 178 Å². The normalized spacial score (nSPS) is 28.8. The van der Waals surface area contributed by atoms with Crippen molar-refractivity contribution in [3.8, 4) is 6.07 Å². The van der Waals surface area contributed by atoms with Crippen LogP contribution in [0.1, 0.15) is 60.8 Å². The molecule has 0 heterocycles. The number of rotatable bonds is 7. The SMILES string of the molecule is CCC(C#N)(CC)C1(C)C=CC=C(C2=CC=CC(C)(C(C)(CC)NC)C=C2)C=C1. The topological polar surface area (TPSA) is 35.8 Å². The molecule has 0 bridgehead atoms. The zero-order valence-corrected chi connectivity index (χ0v) is 19.3. The summed E-state index contributed by atoms with van der Waals surface area (Å²) in [6.45, 7) is 13.2. The van der Waals surface area contributed by atoms with E-state index in [-0.39, 0.29) is 21.8 Å². The van der Waals surface area contributed by atoms with Gasteiger partial charge in [-0.2, -0.15) is 5.26 Å². The van der Waals surface area contributed by atoms with E-state index >= 15 is 0 Å². The van der Waals surface area contributed by atoms with Crippen molar-refractivity contribution in [1.29, 1.82) is 5.26 Å². The van der Waals surface area contributed by atoms with Crippen LogP contribution in [0.5, 0.6) is 0 Å². The predicted molar refractivity (Wildman–Crippen MR) is 125 cm³/mol. The first-order valence-corrected chi connectivity index (χ1v) is 11.0. The minimum Gasteiger partial charge on any atom is -0.313 e. The van der Waals surface area contributed by atoms with E-state index in [2.05, 4.69) is 114 Å². The second-order valence-electron chi connectivity index (χ2n) is 9.03. The summed E-state index contributed by atoms with van der Waals surface area (Å²) in [5.74, 6) is 0. The van der Waals surface area contributed by atoms with Crippen molar-refractivity contribution in [2.24, 2.45) is 16.2 Å². The van der Waals surface area contributed by atoms with E-state index < -0.39 is 0 Å². The van der Waals surface area contributed by atoms with Gasteiger partial charge in [0, 0.05) is 16.4 Å². The van der Waals surface area contributed by atoms with Crippen LogP contribution >= 0.6 is 0 Å². The molecule has 2 aliphatic rings. The Balaban J connectivity index is 2.37. The summed E-state index contributed by atoms with van der Waals surface area (Å²) < 4.78 is 0. The van der Waals surface area contributed by atoms with Crippen molar-refractivity contribution in [2.45, 2.75) is 66.3 Å². The number of nitriles is 1. The van der Waals surface area contributed by atoms with E-state index in [0.717, 1.165) is 19.3 Å². The molecule has 0 saturated carbocycles. The lowest BCUT2D eigenvalue weighted by Gasteiger charge is -2.42. The lowest BCUT2D eigenvalue weighted by molar-refractivity contribution is 0.207. The molecule has 0 radical (unpaired) electrons. The van der Waals surface area contributed by atoms with Crippen LogP contribution in [0.2, 0.25) is 0 Å². The van der Waals surface area contributed by atoms with Gasteiger partial charge in [0.25, 0.3) is 0 Å². The molecule has 0 spiro atoms. The van der Waals surface area contributed by atoms with Crippen LogP contribution in [0.25, 0.3) is 0 Å². The molecule has 0 amide bonds. The fourth-order valence-electron chi connectivity index (χ4n) is 4.64. The molecule has 0 aromatic heterocycles. The molecular weight excluding hydrogens is 352 g/mol. The van der Waals surface area contributed by atoms with Gasteiger partial charge >= 0.3 is 0 Å². The van der Waals surface area contributed by atoms with Crippen molar-refractivity contribution in [3.05, 3.63) is 71.9 Å². The van der Waals surface area contributed by atoms with Gasteiger partial charge in [0.2, 0.25) is 0 Å². The summed E-state index contributed by atoms with van der Waals surface area (Å²) in [7, 11) is 2.04. The first-order valence-electron chi connectivity index (χ1n) is 11.0. The molecule has 1 N–H and O–H groups in total. The monoisotopic (exact) mass is 390 g/mol. The lowest BCUT2D eigenvalue weighted by Crippen LogP contribution is -2.51. The summed E-state index contributed by atoms with van der Waals surface area (Å²) in [5, 5.41) is 13.5. The minimum atomic E-state index is -0.384. The Hall–Kier alpha value is -2.11. The molecule has 156 valence electrons. The van der Waals surface area contributed by atoms with Crippen LogP contribution in [0.4, 0.5) is 0 Å². The summed E-state index contributed by atoms with van der Waals surface area (Å²) in [4.78, 5) is 0. The van der Waals surface area contributed by atoms with E-state index in [4.69, 9.17) is 0 Å². The summed E-state index contributed by atoms with van der Waals surface area (Å²) in [6, 6.07) is 2.63. The van der Waals surface area contributed by atoms with Crippen LogP contribution in [-0.2, 0) is 0 Å². The third-order valence-electron chi connectivity index (χ3n) is 7.89. The van der Waals surface area contributed by atoms with Crippen LogP contribution < -0.4 is 5.32 Å². The van der Waals surface area contributed by atoms with Crippen LogP contribution in [0, 0.1) is 27.6 Å². The molecule has 29 heavy (non-hydrogen) atoms. The predicted octanol–water partition coefficient (Wildman–Crippen LogP) is 6.82. The number of hydrogen-bond acceptors (Lipinski definition) is 2. The van der Waals surface area contributed by atoms with E-state index in [0.29, 0.717) is 0 Å². The summed E-state index contributed by atoms with van der Waals surface area (Å²) >= 11 is 0.